The van der Waals surface area contributed by atoms with E-state index in [1.165, 1.54) is 61.0 Å². The molecule has 0 saturated heterocycles. The summed E-state index contributed by atoms with van der Waals surface area (Å²) in [7, 11) is 2.08. The summed E-state index contributed by atoms with van der Waals surface area (Å²) < 4.78 is 2.18. The SMILES string of the molecule is Cc1cc2c(cc1C)CC(C1(c3c(C)c(C)c(C)c4c3ccn4C)CC1C(=O)O)=C2. The van der Waals surface area contributed by atoms with Gasteiger partial charge in [-0.1, -0.05) is 23.8 Å². The first-order valence-corrected chi connectivity index (χ1v) is 10.8. The Kier molecular flexibility index (Phi) is 3.90. The smallest absolute Gasteiger partial charge is 0.307 e. The molecule has 154 valence electrons. The van der Waals surface area contributed by atoms with Crippen molar-refractivity contribution in [2.75, 3.05) is 0 Å². The fourth-order valence-corrected chi connectivity index (χ4v) is 5.89. The number of nitrogens with zero attached hydrogens (tertiary/aromatic N) is 1. The molecule has 0 aliphatic heterocycles. The lowest BCUT2D eigenvalue weighted by molar-refractivity contribution is -0.138. The van der Waals surface area contributed by atoms with Crippen molar-refractivity contribution in [2.24, 2.45) is 13.0 Å². The maximum atomic E-state index is 12.3. The standard InChI is InChI=1S/C27H29NO2/c1-14-9-19-11-21(12-20(19)10-15(14)2)27(13-23(27)26(29)30)24-17(4)16(3)18(5)25-22(24)7-8-28(25)6/h7-11,23H,12-13H2,1-6H3,(H,29,30). The van der Waals surface area contributed by atoms with Gasteiger partial charge in [-0.15, -0.1) is 0 Å². The summed E-state index contributed by atoms with van der Waals surface area (Å²) in [5.74, 6) is -1.04. The van der Waals surface area contributed by atoms with E-state index in [9.17, 15) is 9.90 Å². The molecule has 3 heteroatoms. The minimum atomic E-state index is -0.680. The van der Waals surface area contributed by atoms with Crippen LogP contribution in [0.25, 0.3) is 17.0 Å². The summed E-state index contributed by atoms with van der Waals surface area (Å²) in [5.41, 5.74) is 12.3. The zero-order chi connectivity index (χ0) is 21.5. The average molecular weight is 400 g/mol. The highest BCUT2D eigenvalue weighted by molar-refractivity contribution is 5.94. The lowest BCUT2D eigenvalue weighted by atomic mass is 9.78. The molecule has 2 aliphatic rings. The maximum absolute atomic E-state index is 12.3. The topological polar surface area (TPSA) is 42.2 Å². The molecule has 0 amide bonds. The van der Waals surface area contributed by atoms with Gasteiger partial charge in [-0.25, -0.2) is 0 Å². The van der Waals surface area contributed by atoms with E-state index in [-0.39, 0.29) is 5.92 Å². The minimum Gasteiger partial charge on any atom is -0.481 e. The van der Waals surface area contributed by atoms with Crippen LogP contribution in [-0.4, -0.2) is 15.6 Å². The number of fused-ring (bicyclic) bond motifs is 2. The Morgan fingerprint density at radius 1 is 1.07 bits per heavy atom. The van der Waals surface area contributed by atoms with Crippen LogP contribution in [0.2, 0.25) is 0 Å². The number of carboxylic acids is 1. The van der Waals surface area contributed by atoms with Crippen LogP contribution in [0.5, 0.6) is 0 Å². The first-order valence-electron chi connectivity index (χ1n) is 10.8. The molecule has 5 rings (SSSR count). The summed E-state index contributed by atoms with van der Waals surface area (Å²) in [6.45, 7) is 10.8. The molecular formula is C27H29NO2. The summed E-state index contributed by atoms with van der Waals surface area (Å²) in [4.78, 5) is 12.3. The van der Waals surface area contributed by atoms with Gasteiger partial charge in [0.2, 0.25) is 0 Å². The lowest BCUT2D eigenvalue weighted by Gasteiger charge is -2.25. The first kappa shape index (κ1) is 19.2. The first-order chi connectivity index (χ1) is 14.2. The van der Waals surface area contributed by atoms with Gasteiger partial charge in [0.05, 0.1) is 11.4 Å². The summed E-state index contributed by atoms with van der Waals surface area (Å²) >= 11 is 0. The number of hydrogen-bond acceptors (Lipinski definition) is 1. The highest BCUT2D eigenvalue weighted by atomic mass is 16.4. The Bertz CT molecular complexity index is 1290. The third kappa shape index (κ3) is 2.35. The number of carboxylic acid groups (broad SMARTS) is 1. The highest BCUT2D eigenvalue weighted by Gasteiger charge is 2.63. The van der Waals surface area contributed by atoms with Crippen LogP contribution >= 0.6 is 0 Å². The third-order valence-electron chi connectivity index (χ3n) is 7.94. The van der Waals surface area contributed by atoms with Crippen LogP contribution in [0.3, 0.4) is 0 Å². The molecule has 0 spiro atoms. The number of carbonyl (C=O) groups is 1. The largest absolute Gasteiger partial charge is 0.481 e. The Hall–Kier alpha value is -2.81. The van der Waals surface area contributed by atoms with Crippen LogP contribution in [0.4, 0.5) is 0 Å². The predicted octanol–water partition coefficient (Wildman–Crippen LogP) is 5.70. The molecule has 2 aromatic carbocycles. The number of rotatable bonds is 3. The molecule has 1 heterocycles. The molecule has 1 fully saturated rings. The van der Waals surface area contributed by atoms with Crippen molar-refractivity contribution in [3.05, 3.63) is 74.5 Å². The van der Waals surface area contributed by atoms with Gasteiger partial charge in [-0.05, 0) is 98.0 Å². The van der Waals surface area contributed by atoms with Crippen molar-refractivity contribution in [1.82, 2.24) is 4.57 Å². The van der Waals surface area contributed by atoms with Crippen molar-refractivity contribution in [1.29, 1.82) is 0 Å². The number of hydrogen-bond donors (Lipinski definition) is 1. The highest BCUT2D eigenvalue weighted by Crippen LogP contribution is 2.63. The normalized spacial score (nSPS) is 22.3. The monoisotopic (exact) mass is 399 g/mol. The van der Waals surface area contributed by atoms with Crippen LogP contribution in [0.15, 0.2) is 30.0 Å². The Morgan fingerprint density at radius 2 is 1.77 bits per heavy atom. The second-order valence-electron chi connectivity index (χ2n) is 9.49. The van der Waals surface area contributed by atoms with Gasteiger partial charge >= 0.3 is 5.97 Å². The Labute approximate surface area is 178 Å². The van der Waals surface area contributed by atoms with Crippen LogP contribution in [0.1, 0.15) is 50.9 Å². The predicted molar refractivity (Wildman–Crippen MR) is 122 cm³/mol. The quantitative estimate of drug-likeness (QED) is 0.614. The number of benzene rings is 2. The molecule has 1 saturated carbocycles. The number of aromatic nitrogens is 1. The van der Waals surface area contributed by atoms with Gasteiger partial charge in [0, 0.05) is 24.0 Å². The molecule has 1 aromatic heterocycles. The lowest BCUT2D eigenvalue weighted by Crippen LogP contribution is -2.21. The van der Waals surface area contributed by atoms with Crippen LogP contribution in [-0.2, 0) is 23.7 Å². The van der Waals surface area contributed by atoms with E-state index in [1.807, 2.05) is 0 Å². The minimum absolute atomic E-state index is 0.357. The molecular weight excluding hydrogens is 370 g/mol. The van der Waals surface area contributed by atoms with E-state index in [0.717, 1.165) is 6.42 Å². The molecule has 0 bridgehead atoms. The maximum Gasteiger partial charge on any atom is 0.307 e. The van der Waals surface area contributed by atoms with E-state index in [0.29, 0.717) is 6.42 Å². The van der Waals surface area contributed by atoms with E-state index in [4.69, 9.17) is 0 Å². The van der Waals surface area contributed by atoms with Crippen molar-refractivity contribution in [3.63, 3.8) is 0 Å². The number of aliphatic carboxylic acids is 1. The van der Waals surface area contributed by atoms with Gasteiger partial charge < -0.3 is 9.67 Å². The summed E-state index contributed by atoms with van der Waals surface area (Å²) in [6.07, 6.45) is 5.93. The molecule has 3 nitrogen and oxygen atoms in total. The van der Waals surface area contributed by atoms with Gasteiger partial charge in [-0.2, -0.15) is 0 Å². The zero-order valence-corrected chi connectivity index (χ0v) is 18.7. The fourth-order valence-electron chi connectivity index (χ4n) is 5.89. The van der Waals surface area contributed by atoms with Crippen molar-refractivity contribution in [3.8, 4) is 0 Å². The molecule has 0 radical (unpaired) electrons. The van der Waals surface area contributed by atoms with Crippen molar-refractivity contribution >= 4 is 22.9 Å². The second-order valence-corrected chi connectivity index (χ2v) is 9.49. The van der Waals surface area contributed by atoms with Gasteiger partial charge in [0.15, 0.2) is 0 Å². The van der Waals surface area contributed by atoms with Gasteiger partial charge in [0.25, 0.3) is 0 Å². The molecule has 2 unspecified atom stereocenters. The summed E-state index contributed by atoms with van der Waals surface area (Å²) in [6, 6.07) is 6.72. The molecule has 2 atom stereocenters. The van der Waals surface area contributed by atoms with E-state index in [2.05, 4.69) is 76.7 Å². The van der Waals surface area contributed by atoms with Gasteiger partial charge in [0.1, 0.15) is 0 Å². The zero-order valence-electron chi connectivity index (χ0n) is 18.7. The second kappa shape index (κ2) is 6.10. The average Bonchev–Trinajstić information content (AvgIpc) is 3.13. The van der Waals surface area contributed by atoms with Crippen molar-refractivity contribution in [2.45, 2.75) is 52.9 Å². The van der Waals surface area contributed by atoms with Crippen LogP contribution in [0, 0.1) is 40.5 Å². The number of aryl methyl sites for hydroxylation is 4. The Morgan fingerprint density at radius 3 is 2.43 bits per heavy atom. The van der Waals surface area contributed by atoms with E-state index < -0.39 is 11.4 Å². The summed E-state index contributed by atoms with van der Waals surface area (Å²) in [5, 5.41) is 11.3. The molecule has 1 N–H and O–H groups in total. The molecule has 30 heavy (non-hydrogen) atoms. The van der Waals surface area contributed by atoms with E-state index in [1.54, 1.807) is 0 Å². The van der Waals surface area contributed by atoms with Crippen molar-refractivity contribution < 1.29 is 9.90 Å². The van der Waals surface area contributed by atoms with Gasteiger partial charge in [-0.3, -0.25) is 4.79 Å². The fraction of sp³-hybridized carbons (Fsp3) is 0.370. The Balaban J connectivity index is 1.78. The molecule has 2 aliphatic carbocycles. The number of allylic oxidation sites excluding steroid dienone is 1. The third-order valence-corrected chi connectivity index (χ3v) is 7.94. The van der Waals surface area contributed by atoms with E-state index >= 15 is 0 Å². The molecule has 3 aromatic rings. The van der Waals surface area contributed by atoms with Crippen LogP contribution < -0.4 is 0 Å².